The minimum absolute atomic E-state index is 0.0215. The highest BCUT2D eigenvalue weighted by molar-refractivity contribution is 9.10. The lowest BCUT2D eigenvalue weighted by molar-refractivity contribution is -0.131. The number of hydrogen-bond acceptors (Lipinski definition) is 4. The predicted molar refractivity (Wildman–Crippen MR) is 124 cm³/mol. The summed E-state index contributed by atoms with van der Waals surface area (Å²) in [6.45, 7) is 4.12. The highest BCUT2D eigenvalue weighted by Crippen LogP contribution is 2.23. The van der Waals surface area contributed by atoms with Gasteiger partial charge in [-0.15, -0.1) is 0 Å². The second-order valence-electron chi connectivity index (χ2n) is 6.91. The van der Waals surface area contributed by atoms with E-state index in [1.54, 1.807) is 19.3 Å². The number of carbonyl (C=O) groups excluding carboxylic acids is 2. The SMILES string of the molecule is Cc1ccc(-n2ccnc2SCC(=O)N(C)CC(=O)Nc2ccccc2Br)cc1C. The molecule has 0 bridgehead atoms. The van der Waals surface area contributed by atoms with Crippen LogP contribution in [-0.4, -0.2) is 45.6 Å². The number of carbonyl (C=O) groups is 2. The Bertz CT molecular complexity index is 1070. The molecule has 1 heterocycles. The molecule has 1 N–H and O–H groups in total. The van der Waals surface area contributed by atoms with Crippen LogP contribution in [0.5, 0.6) is 0 Å². The number of para-hydroxylation sites is 1. The summed E-state index contributed by atoms with van der Waals surface area (Å²) in [6.07, 6.45) is 3.60. The maximum absolute atomic E-state index is 12.5. The number of benzene rings is 2. The van der Waals surface area contributed by atoms with E-state index in [0.717, 1.165) is 15.3 Å². The van der Waals surface area contributed by atoms with Crippen molar-refractivity contribution in [1.82, 2.24) is 14.5 Å². The number of hydrogen-bond donors (Lipinski definition) is 1. The van der Waals surface area contributed by atoms with Crippen molar-refractivity contribution in [3.63, 3.8) is 0 Å². The van der Waals surface area contributed by atoms with Crippen LogP contribution in [0.25, 0.3) is 5.69 Å². The molecular weight excluding hydrogens is 464 g/mol. The molecular formula is C22H23BrN4O2S. The van der Waals surface area contributed by atoms with Crippen molar-refractivity contribution < 1.29 is 9.59 Å². The van der Waals surface area contributed by atoms with Gasteiger partial charge in [-0.2, -0.15) is 0 Å². The summed E-state index contributed by atoms with van der Waals surface area (Å²) in [4.78, 5) is 30.6. The molecule has 0 saturated carbocycles. The van der Waals surface area contributed by atoms with Crippen LogP contribution in [0.1, 0.15) is 11.1 Å². The van der Waals surface area contributed by atoms with Crippen LogP contribution in [0.3, 0.4) is 0 Å². The minimum Gasteiger partial charge on any atom is -0.336 e. The standard InChI is InChI=1S/C22H23BrN4O2S/c1-15-8-9-17(12-16(15)2)27-11-10-24-22(27)30-14-21(29)26(3)13-20(28)25-19-7-5-4-6-18(19)23/h4-12H,13-14H2,1-3H3,(H,25,28). The zero-order chi connectivity index (χ0) is 21.7. The van der Waals surface area contributed by atoms with Crippen LogP contribution < -0.4 is 5.32 Å². The number of imidazole rings is 1. The molecule has 3 aromatic rings. The van der Waals surface area contributed by atoms with Crippen LogP contribution in [0, 0.1) is 13.8 Å². The molecule has 0 spiro atoms. The van der Waals surface area contributed by atoms with E-state index in [-0.39, 0.29) is 24.1 Å². The van der Waals surface area contributed by atoms with Gasteiger partial charge in [0.05, 0.1) is 18.0 Å². The summed E-state index contributed by atoms with van der Waals surface area (Å²) in [7, 11) is 1.62. The van der Waals surface area contributed by atoms with Crippen molar-refractivity contribution >= 4 is 45.2 Å². The molecule has 0 unspecified atom stereocenters. The van der Waals surface area contributed by atoms with E-state index in [4.69, 9.17) is 0 Å². The van der Waals surface area contributed by atoms with Crippen LogP contribution in [0.15, 0.2) is 64.5 Å². The first-order valence-corrected chi connectivity index (χ1v) is 11.1. The largest absolute Gasteiger partial charge is 0.336 e. The number of aryl methyl sites for hydroxylation is 2. The normalized spacial score (nSPS) is 10.7. The summed E-state index contributed by atoms with van der Waals surface area (Å²) in [5.41, 5.74) is 4.11. The summed E-state index contributed by atoms with van der Waals surface area (Å²) in [5, 5.41) is 3.54. The van der Waals surface area contributed by atoms with Gasteiger partial charge in [0.25, 0.3) is 0 Å². The fourth-order valence-corrected chi connectivity index (χ4v) is 4.06. The van der Waals surface area contributed by atoms with Gasteiger partial charge in [-0.1, -0.05) is 30.0 Å². The predicted octanol–water partition coefficient (Wildman–Crippen LogP) is 4.44. The molecule has 0 aliphatic carbocycles. The van der Waals surface area contributed by atoms with Gasteiger partial charge in [0.2, 0.25) is 11.8 Å². The third kappa shape index (κ3) is 5.52. The Kier molecular flexibility index (Phi) is 7.33. The smallest absolute Gasteiger partial charge is 0.244 e. The van der Waals surface area contributed by atoms with Crippen molar-refractivity contribution in [3.8, 4) is 5.69 Å². The lowest BCUT2D eigenvalue weighted by atomic mass is 10.1. The average molecular weight is 487 g/mol. The molecule has 0 aliphatic rings. The molecule has 1 aromatic heterocycles. The Balaban J connectivity index is 1.57. The van der Waals surface area contributed by atoms with E-state index < -0.39 is 0 Å². The summed E-state index contributed by atoms with van der Waals surface area (Å²) in [6, 6.07) is 13.6. The fraction of sp³-hybridized carbons (Fsp3) is 0.227. The second kappa shape index (κ2) is 9.95. The molecule has 30 heavy (non-hydrogen) atoms. The third-order valence-electron chi connectivity index (χ3n) is 4.65. The molecule has 0 radical (unpaired) electrons. The van der Waals surface area contributed by atoms with Crippen molar-refractivity contribution in [3.05, 3.63) is 70.5 Å². The number of amides is 2. The number of aromatic nitrogens is 2. The Morgan fingerprint density at radius 3 is 2.67 bits per heavy atom. The molecule has 2 aromatic carbocycles. The molecule has 0 atom stereocenters. The number of likely N-dealkylation sites (N-methyl/N-ethyl adjacent to an activating group) is 1. The Morgan fingerprint density at radius 1 is 1.17 bits per heavy atom. The van der Waals surface area contributed by atoms with Crippen molar-refractivity contribution in [2.75, 3.05) is 24.7 Å². The molecule has 0 saturated heterocycles. The van der Waals surface area contributed by atoms with Crippen LogP contribution >= 0.6 is 27.7 Å². The van der Waals surface area contributed by atoms with E-state index in [1.165, 1.54) is 27.8 Å². The van der Waals surface area contributed by atoms with Crippen molar-refractivity contribution in [1.29, 1.82) is 0 Å². The molecule has 2 amide bonds. The molecule has 3 rings (SSSR count). The number of anilines is 1. The van der Waals surface area contributed by atoms with E-state index in [1.807, 2.05) is 35.0 Å². The molecule has 8 heteroatoms. The maximum atomic E-state index is 12.5. The number of halogens is 1. The zero-order valence-corrected chi connectivity index (χ0v) is 19.5. The van der Waals surface area contributed by atoms with Crippen molar-refractivity contribution in [2.24, 2.45) is 0 Å². The number of nitrogens with one attached hydrogen (secondary N) is 1. The van der Waals surface area contributed by atoms with E-state index in [9.17, 15) is 9.59 Å². The number of rotatable bonds is 7. The van der Waals surface area contributed by atoms with Gasteiger partial charge in [0, 0.05) is 29.6 Å². The van der Waals surface area contributed by atoms with Gasteiger partial charge in [-0.3, -0.25) is 14.2 Å². The van der Waals surface area contributed by atoms with Gasteiger partial charge in [0.1, 0.15) is 0 Å². The summed E-state index contributed by atoms with van der Waals surface area (Å²) < 4.78 is 2.75. The quantitative estimate of drug-likeness (QED) is 0.501. The van der Waals surface area contributed by atoms with E-state index >= 15 is 0 Å². The number of thioether (sulfide) groups is 1. The Hall–Kier alpha value is -2.58. The molecule has 6 nitrogen and oxygen atoms in total. The molecule has 0 aliphatic heterocycles. The maximum Gasteiger partial charge on any atom is 0.244 e. The van der Waals surface area contributed by atoms with Crippen LogP contribution in [0.4, 0.5) is 5.69 Å². The average Bonchev–Trinajstić information content (AvgIpc) is 3.18. The van der Waals surface area contributed by atoms with Crippen molar-refractivity contribution in [2.45, 2.75) is 19.0 Å². The second-order valence-corrected chi connectivity index (χ2v) is 8.71. The van der Waals surface area contributed by atoms with Crippen LogP contribution in [-0.2, 0) is 9.59 Å². The Labute approximate surface area is 188 Å². The van der Waals surface area contributed by atoms with E-state index in [0.29, 0.717) is 5.69 Å². The first kappa shape index (κ1) is 22.1. The summed E-state index contributed by atoms with van der Waals surface area (Å²) >= 11 is 4.74. The zero-order valence-electron chi connectivity index (χ0n) is 17.1. The first-order chi connectivity index (χ1) is 14.3. The van der Waals surface area contributed by atoms with Gasteiger partial charge in [0.15, 0.2) is 5.16 Å². The van der Waals surface area contributed by atoms with E-state index in [2.05, 4.69) is 52.2 Å². The molecule has 0 fully saturated rings. The van der Waals surface area contributed by atoms with Crippen LogP contribution in [0.2, 0.25) is 0 Å². The summed E-state index contributed by atoms with van der Waals surface area (Å²) in [5.74, 6) is -0.197. The fourth-order valence-electron chi connectivity index (χ4n) is 2.76. The third-order valence-corrected chi connectivity index (χ3v) is 6.30. The van der Waals surface area contributed by atoms with Gasteiger partial charge in [-0.25, -0.2) is 4.98 Å². The van der Waals surface area contributed by atoms with Gasteiger partial charge in [-0.05, 0) is 65.2 Å². The number of nitrogens with zero attached hydrogens (tertiary/aromatic N) is 3. The van der Waals surface area contributed by atoms with Gasteiger partial charge < -0.3 is 10.2 Å². The van der Waals surface area contributed by atoms with Gasteiger partial charge >= 0.3 is 0 Å². The minimum atomic E-state index is -0.251. The Morgan fingerprint density at radius 2 is 1.93 bits per heavy atom. The highest BCUT2D eigenvalue weighted by Gasteiger charge is 2.16. The topological polar surface area (TPSA) is 67.2 Å². The lowest BCUT2D eigenvalue weighted by Gasteiger charge is -2.17. The monoisotopic (exact) mass is 486 g/mol. The molecule has 156 valence electrons. The lowest BCUT2D eigenvalue weighted by Crippen LogP contribution is -2.36. The highest BCUT2D eigenvalue weighted by atomic mass is 79.9. The first-order valence-electron chi connectivity index (χ1n) is 9.37.